The van der Waals surface area contributed by atoms with Crippen molar-refractivity contribution < 1.29 is 13.9 Å². The lowest BCUT2D eigenvalue weighted by Crippen LogP contribution is -2.56. The Labute approximate surface area is 168 Å². The van der Waals surface area contributed by atoms with E-state index in [9.17, 15) is 4.79 Å². The molecule has 3 aromatic rings. The van der Waals surface area contributed by atoms with Crippen LogP contribution < -0.4 is 4.74 Å². The first-order valence-electron chi connectivity index (χ1n) is 9.91. The maximum Gasteiger partial charge on any atom is 0.311 e. The van der Waals surface area contributed by atoms with E-state index in [1.807, 2.05) is 42.5 Å². The molecule has 0 bridgehead atoms. The molecular weight excluding hydrogens is 368 g/mol. The van der Waals surface area contributed by atoms with Crippen molar-refractivity contribution in [3.05, 3.63) is 66.1 Å². The van der Waals surface area contributed by atoms with Gasteiger partial charge in [0.25, 0.3) is 0 Å². The maximum absolute atomic E-state index is 12.5. The van der Waals surface area contributed by atoms with Crippen molar-refractivity contribution in [2.45, 2.75) is 19.1 Å². The summed E-state index contributed by atoms with van der Waals surface area (Å²) >= 11 is 0. The molecule has 3 heterocycles. The Hall–Kier alpha value is -3.19. The van der Waals surface area contributed by atoms with E-state index in [1.165, 1.54) is 25.1 Å². The van der Waals surface area contributed by atoms with Crippen molar-refractivity contribution in [2.75, 3.05) is 26.2 Å². The Balaban J connectivity index is 1.13. The van der Waals surface area contributed by atoms with Gasteiger partial charge in [-0.2, -0.15) is 0 Å². The van der Waals surface area contributed by atoms with Crippen LogP contribution in [0.15, 0.2) is 59.0 Å². The monoisotopic (exact) mass is 390 g/mol. The van der Waals surface area contributed by atoms with Crippen molar-refractivity contribution in [3.8, 4) is 17.2 Å². The molecule has 0 saturated carbocycles. The topological polar surface area (TPSA) is 71.7 Å². The third kappa shape index (κ3) is 3.86. The number of aromatic nitrogens is 2. The molecule has 7 nitrogen and oxygen atoms in total. The molecule has 0 N–H and O–H groups in total. The highest BCUT2D eigenvalue weighted by molar-refractivity contribution is 5.90. The lowest BCUT2D eigenvalue weighted by molar-refractivity contribution is 0.0150. The van der Waals surface area contributed by atoms with Gasteiger partial charge in [-0.25, -0.2) is 0 Å². The molecule has 2 aliphatic heterocycles. The van der Waals surface area contributed by atoms with Gasteiger partial charge < -0.3 is 14.1 Å². The zero-order valence-electron chi connectivity index (χ0n) is 16.0. The minimum atomic E-state index is -0.260. The van der Waals surface area contributed by atoms with Gasteiger partial charge in [0, 0.05) is 12.1 Å². The summed E-state index contributed by atoms with van der Waals surface area (Å²) in [7, 11) is 0. The molecule has 2 fully saturated rings. The number of rotatable bonds is 6. The number of hydrogen-bond donors (Lipinski definition) is 0. The first kappa shape index (κ1) is 17.9. The molecule has 0 unspecified atom stereocenters. The summed E-state index contributed by atoms with van der Waals surface area (Å²) in [4.78, 5) is 16.6. The molecule has 148 valence electrons. The zero-order chi connectivity index (χ0) is 19.6. The molecule has 0 aliphatic carbocycles. The Bertz CT molecular complexity index is 977. The first-order chi connectivity index (χ1) is 14.2. The number of hydrogen-bond acceptors (Lipinski definition) is 6. The first-order valence-corrected chi connectivity index (χ1v) is 9.91. The summed E-state index contributed by atoms with van der Waals surface area (Å²) in [5.74, 6) is 0.932. The van der Waals surface area contributed by atoms with E-state index >= 15 is 0 Å². The molecule has 1 amide bonds. The Morgan fingerprint density at radius 3 is 2.48 bits per heavy atom. The number of amides is 1. The van der Waals surface area contributed by atoms with Crippen molar-refractivity contribution in [1.29, 1.82) is 0 Å². The highest BCUT2D eigenvalue weighted by atomic mass is 16.5. The van der Waals surface area contributed by atoms with Crippen molar-refractivity contribution in [2.24, 2.45) is 0 Å². The second kappa shape index (κ2) is 7.67. The van der Waals surface area contributed by atoms with Gasteiger partial charge in [0.15, 0.2) is 0 Å². The Morgan fingerprint density at radius 1 is 1.03 bits per heavy atom. The van der Waals surface area contributed by atoms with Crippen LogP contribution in [0.5, 0.6) is 5.75 Å². The molecule has 2 aromatic carbocycles. The van der Waals surface area contributed by atoms with E-state index in [1.54, 1.807) is 4.90 Å². The van der Waals surface area contributed by atoms with Gasteiger partial charge in [-0.1, -0.05) is 30.3 Å². The van der Waals surface area contributed by atoms with E-state index < -0.39 is 0 Å². The van der Waals surface area contributed by atoms with Crippen LogP contribution in [-0.2, 0) is 6.54 Å². The van der Waals surface area contributed by atoms with Gasteiger partial charge >= 0.3 is 11.8 Å². The Morgan fingerprint density at radius 2 is 1.79 bits per heavy atom. The summed E-state index contributed by atoms with van der Waals surface area (Å²) in [6.45, 7) is 4.41. The minimum Gasteiger partial charge on any atom is -0.487 e. The highest BCUT2D eigenvalue weighted by Gasteiger charge is 2.35. The van der Waals surface area contributed by atoms with Gasteiger partial charge in [-0.05, 0) is 49.3 Å². The zero-order valence-corrected chi connectivity index (χ0v) is 16.0. The molecule has 0 spiro atoms. The number of ether oxygens (including phenoxy) is 1. The van der Waals surface area contributed by atoms with E-state index in [2.05, 4.69) is 27.2 Å². The van der Waals surface area contributed by atoms with Gasteiger partial charge in [-0.15, -0.1) is 10.2 Å². The van der Waals surface area contributed by atoms with Crippen LogP contribution in [0.25, 0.3) is 11.5 Å². The van der Waals surface area contributed by atoms with E-state index in [0.717, 1.165) is 17.9 Å². The van der Waals surface area contributed by atoms with Crippen molar-refractivity contribution in [1.82, 2.24) is 20.0 Å². The number of nitrogens with zero attached hydrogens (tertiary/aromatic N) is 4. The summed E-state index contributed by atoms with van der Waals surface area (Å²) in [5, 5.41) is 7.87. The van der Waals surface area contributed by atoms with Gasteiger partial charge in [0.2, 0.25) is 5.89 Å². The van der Waals surface area contributed by atoms with Crippen LogP contribution in [0.4, 0.5) is 0 Å². The number of benzene rings is 2. The number of likely N-dealkylation sites (tertiary alicyclic amines) is 2. The number of carbonyl (C=O) groups is 1. The lowest BCUT2D eigenvalue weighted by Gasteiger charge is -2.38. The predicted octanol–water partition coefficient (Wildman–Crippen LogP) is 2.85. The fourth-order valence-corrected chi connectivity index (χ4v) is 3.48. The summed E-state index contributed by atoms with van der Waals surface area (Å²) in [5.41, 5.74) is 2.09. The quantitative estimate of drug-likeness (QED) is 0.645. The van der Waals surface area contributed by atoms with Crippen molar-refractivity contribution >= 4 is 5.91 Å². The minimum absolute atomic E-state index is 0.0117. The van der Waals surface area contributed by atoms with Gasteiger partial charge in [0.05, 0.1) is 13.1 Å². The molecular formula is C22H22N4O3. The Kier molecular flexibility index (Phi) is 4.73. The smallest absolute Gasteiger partial charge is 0.311 e. The van der Waals surface area contributed by atoms with Crippen LogP contribution in [0, 0.1) is 0 Å². The van der Waals surface area contributed by atoms with Crippen LogP contribution >= 0.6 is 0 Å². The second-order valence-electron chi connectivity index (χ2n) is 7.50. The van der Waals surface area contributed by atoms with Crippen LogP contribution in [0.2, 0.25) is 0 Å². The second-order valence-corrected chi connectivity index (χ2v) is 7.50. The molecule has 2 aliphatic rings. The van der Waals surface area contributed by atoms with E-state index in [4.69, 9.17) is 9.15 Å². The summed E-state index contributed by atoms with van der Waals surface area (Å²) in [6.07, 6.45) is 1.28. The van der Waals surface area contributed by atoms with E-state index in [0.29, 0.717) is 19.0 Å². The van der Waals surface area contributed by atoms with Crippen LogP contribution in [0.1, 0.15) is 22.7 Å². The molecule has 2 saturated heterocycles. The molecule has 0 radical (unpaired) electrons. The summed E-state index contributed by atoms with van der Waals surface area (Å²) < 4.78 is 11.5. The van der Waals surface area contributed by atoms with Crippen LogP contribution in [0.3, 0.4) is 0 Å². The standard InChI is InChI=1S/C22H22N4O3/c27-22(21-24-23-20(29-21)17-5-2-1-3-6-17)26-14-19(15-26)28-18-9-7-16(8-10-18)13-25-11-4-12-25/h1-3,5-10,19H,4,11-15H2. The maximum atomic E-state index is 12.5. The van der Waals surface area contributed by atoms with Gasteiger partial charge in [0.1, 0.15) is 11.9 Å². The predicted molar refractivity (Wildman–Crippen MR) is 106 cm³/mol. The largest absolute Gasteiger partial charge is 0.487 e. The molecule has 0 atom stereocenters. The molecule has 29 heavy (non-hydrogen) atoms. The molecule has 5 rings (SSSR count). The third-order valence-corrected chi connectivity index (χ3v) is 5.34. The normalized spacial score (nSPS) is 16.9. The van der Waals surface area contributed by atoms with E-state index in [-0.39, 0.29) is 17.9 Å². The average molecular weight is 390 g/mol. The molecule has 1 aromatic heterocycles. The lowest BCUT2D eigenvalue weighted by atomic mass is 10.1. The SMILES string of the molecule is O=C(c1nnc(-c2ccccc2)o1)N1CC(Oc2ccc(CN3CCC3)cc2)C1. The van der Waals surface area contributed by atoms with Crippen LogP contribution in [-0.4, -0.2) is 58.2 Å². The fraction of sp³-hybridized carbons (Fsp3) is 0.318. The molecule has 7 heteroatoms. The fourth-order valence-electron chi connectivity index (χ4n) is 3.48. The number of carbonyl (C=O) groups excluding carboxylic acids is 1. The van der Waals surface area contributed by atoms with Gasteiger partial charge in [-0.3, -0.25) is 9.69 Å². The van der Waals surface area contributed by atoms with Crippen molar-refractivity contribution in [3.63, 3.8) is 0 Å². The highest BCUT2D eigenvalue weighted by Crippen LogP contribution is 2.23. The summed E-state index contributed by atoms with van der Waals surface area (Å²) in [6, 6.07) is 17.6. The third-order valence-electron chi connectivity index (χ3n) is 5.34. The average Bonchev–Trinajstić information content (AvgIpc) is 3.19.